The smallest absolute Gasteiger partial charge is 0.139 e. The van der Waals surface area contributed by atoms with Crippen LogP contribution in [0.5, 0.6) is 5.75 Å². The average molecular weight is 204 g/mol. The van der Waals surface area contributed by atoms with E-state index in [2.05, 4.69) is 4.98 Å². The fourth-order valence-electron chi connectivity index (χ4n) is 0.714. The number of pyridine rings is 1. The number of hydrogen-bond acceptors (Lipinski definition) is 3. The van der Waals surface area contributed by atoms with Gasteiger partial charge in [-0.15, -0.1) is 0 Å². The molecule has 1 heterocycles. The van der Waals surface area contributed by atoms with Gasteiger partial charge in [-0.05, 0) is 6.26 Å². The number of halogens is 1. The molecule has 66 valence electrons. The second kappa shape index (κ2) is 5.27. The van der Waals surface area contributed by atoms with E-state index in [-0.39, 0.29) is 0 Å². The normalized spacial score (nSPS) is 9.83. The van der Waals surface area contributed by atoms with Crippen molar-refractivity contribution in [2.24, 2.45) is 0 Å². The number of nitrogens with zero attached hydrogens (tertiary/aromatic N) is 1. The Morgan fingerprint density at radius 2 is 2.42 bits per heavy atom. The predicted octanol–water partition coefficient (Wildman–Crippen LogP) is 2.48. The third kappa shape index (κ3) is 3.32. The van der Waals surface area contributed by atoms with Crippen LogP contribution in [0.25, 0.3) is 0 Å². The van der Waals surface area contributed by atoms with Gasteiger partial charge in [0.1, 0.15) is 5.75 Å². The van der Waals surface area contributed by atoms with Crippen LogP contribution in [-0.2, 0) is 0 Å². The minimum absolute atomic E-state index is 0.608. The first-order valence-corrected chi connectivity index (χ1v) is 5.32. The van der Waals surface area contributed by atoms with Crippen molar-refractivity contribution in [3.63, 3.8) is 0 Å². The molecule has 0 spiro atoms. The molecule has 1 aromatic heterocycles. The van der Waals surface area contributed by atoms with Crippen LogP contribution >= 0.6 is 23.4 Å². The minimum atomic E-state index is 0.608. The molecule has 0 aromatic carbocycles. The van der Waals surface area contributed by atoms with Crippen molar-refractivity contribution in [3.8, 4) is 5.75 Å². The van der Waals surface area contributed by atoms with Crippen molar-refractivity contribution >= 4 is 23.4 Å². The standard InChI is InChI=1S/C8H10ClNOS/c1-12-3-2-11-8-4-7(9)5-10-6-8/h4-6H,2-3H2,1H3. The van der Waals surface area contributed by atoms with E-state index in [1.165, 1.54) is 0 Å². The van der Waals surface area contributed by atoms with Crippen LogP contribution in [0.4, 0.5) is 0 Å². The van der Waals surface area contributed by atoms with Gasteiger partial charge in [0, 0.05) is 18.0 Å². The summed E-state index contributed by atoms with van der Waals surface area (Å²) in [7, 11) is 0. The van der Waals surface area contributed by atoms with Crippen molar-refractivity contribution in [2.45, 2.75) is 0 Å². The van der Waals surface area contributed by atoms with Gasteiger partial charge in [-0.3, -0.25) is 4.98 Å². The Bertz CT molecular complexity index is 244. The maximum absolute atomic E-state index is 5.71. The largest absolute Gasteiger partial charge is 0.491 e. The number of thioether (sulfide) groups is 1. The Kier molecular flexibility index (Phi) is 4.25. The topological polar surface area (TPSA) is 22.1 Å². The molecule has 0 bridgehead atoms. The molecule has 0 fully saturated rings. The van der Waals surface area contributed by atoms with Gasteiger partial charge in [0.2, 0.25) is 0 Å². The number of rotatable bonds is 4. The summed E-state index contributed by atoms with van der Waals surface area (Å²) in [5, 5.41) is 0.608. The zero-order valence-corrected chi connectivity index (χ0v) is 8.36. The third-order valence-electron chi connectivity index (χ3n) is 1.24. The molecule has 0 saturated carbocycles. The number of hydrogen-bond donors (Lipinski definition) is 0. The van der Waals surface area contributed by atoms with E-state index in [4.69, 9.17) is 16.3 Å². The van der Waals surface area contributed by atoms with Gasteiger partial charge in [-0.1, -0.05) is 11.6 Å². The lowest BCUT2D eigenvalue weighted by Gasteiger charge is -2.03. The van der Waals surface area contributed by atoms with Crippen LogP contribution in [0.3, 0.4) is 0 Å². The highest BCUT2D eigenvalue weighted by Gasteiger charge is 1.94. The molecule has 0 aliphatic rings. The maximum Gasteiger partial charge on any atom is 0.139 e. The Morgan fingerprint density at radius 1 is 1.58 bits per heavy atom. The van der Waals surface area contributed by atoms with Crippen LogP contribution in [0.15, 0.2) is 18.5 Å². The molecule has 1 rings (SSSR count). The van der Waals surface area contributed by atoms with Gasteiger partial charge in [-0.2, -0.15) is 11.8 Å². The second-order valence-electron chi connectivity index (χ2n) is 2.18. The quantitative estimate of drug-likeness (QED) is 0.702. The lowest BCUT2D eigenvalue weighted by atomic mass is 10.5. The van der Waals surface area contributed by atoms with Gasteiger partial charge in [0.25, 0.3) is 0 Å². The zero-order valence-electron chi connectivity index (χ0n) is 6.79. The first-order chi connectivity index (χ1) is 5.83. The lowest BCUT2D eigenvalue weighted by molar-refractivity contribution is 0.342. The van der Waals surface area contributed by atoms with Gasteiger partial charge < -0.3 is 4.74 Å². The van der Waals surface area contributed by atoms with E-state index < -0.39 is 0 Å². The molecule has 0 aliphatic heterocycles. The van der Waals surface area contributed by atoms with Crippen molar-refractivity contribution in [1.29, 1.82) is 0 Å². The van der Waals surface area contributed by atoms with Gasteiger partial charge in [0.05, 0.1) is 17.8 Å². The molecule has 0 amide bonds. The Morgan fingerprint density at radius 3 is 3.08 bits per heavy atom. The van der Waals surface area contributed by atoms with E-state index in [0.717, 1.165) is 11.5 Å². The fourth-order valence-corrected chi connectivity index (χ4v) is 1.13. The lowest BCUT2D eigenvalue weighted by Crippen LogP contribution is -1.99. The molecule has 0 radical (unpaired) electrons. The molecule has 0 unspecified atom stereocenters. The second-order valence-corrected chi connectivity index (χ2v) is 3.60. The summed E-state index contributed by atoms with van der Waals surface area (Å²) in [6, 6.07) is 1.76. The summed E-state index contributed by atoms with van der Waals surface area (Å²) in [6.07, 6.45) is 5.29. The molecule has 0 N–H and O–H groups in total. The Labute approximate surface area is 81.3 Å². The predicted molar refractivity (Wildman–Crippen MR) is 53.1 cm³/mol. The molecule has 1 aromatic rings. The zero-order chi connectivity index (χ0) is 8.81. The SMILES string of the molecule is CSCCOc1cncc(Cl)c1. The molecular weight excluding hydrogens is 194 g/mol. The fraction of sp³-hybridized carbons (Fsp3) is 0.375. The van der Waals surface area contributed by atoms with Crippen LogP contribution in [-0.4, -0.2) is 23.6 Å². The highest BCUT2D eigenvalue weighted by molar-refractivity contribution is 7.98. The highest BCUT2D eigenvalue weighted by Crippen LogP contribution is 2.14. The van der Waals surface area contributed by atoms with E-state index in [0.29, 0.717) is 11.6 Å². The summed E-state index contributed by atoms with van der Waals surface area (Å²) < 4.78 is 5.36. The monoisotopic (exact) mass is 203 g/mol. The van der Waals surface area contributed by atoms with Crippen molar-refractivity contribution in [2.75, 3.05) is 18.6 Å². The van der Waals surface area contributed by atoms with E-state index in [1.54, 1.807) is 30.2 Å². The molecule has 2 nitrogen and oxygen atoms in total. The summed E-state index contributed by atoms with van der Waals surface area (Å²) in [4.78, 5) is 3.90. The highest BCUT2D eigenvalue weighted by atomic mass is 35.5. The van der Waals surface area contributed by atoms with Crippen LogP contribution in [0.1, 0.15) is 0 Å². The molecule has 4 heteroatoms. The number of aromatic nitrogens is 1. The maximum atomic E-state index is 5.71. The molecular formula is C8H10ClNOS. The Balaban J connectivity index is 2.41. The van der Waals surface area contributed by atoms with Crippen molar-refractivity contribution < 1.29 is 4.74 Å². The van der Waals surface area contributed by atoms with E-state index in [9.17, 15) is 0 Å². The minimum Gasteiger partial charge on any atom is -0.491 e. The first kappa shape index (κ1) is 9.68. The summed E-state index contributed by atoms with van der Waals surface area (Å²) in [5.41, 5.74) is 0. The summed E-state index contributed by atoms with van der Waals surface area (Å²) >= 11 is 7.46. The van der Waals surface area contributed by atoms with Crippen molar-refractivity contribution in [1.82, 2.24) is 4.98 Å². The third-order valence-corrected chi connectivity index (χ3v) is 2.02. The summed E-state index contributed by atoms with van der Waals surface area (Å²) in [5.74, 6) is 1.71. The number of ether oxygens (including phenoxy) is 1. The van der Waals surface area contributed by atoms with Crippen molar-refractivity contribution in [3.05, 3.63) is 23.5 Å². The summed E-state index contributed by atoms with van der Waals surface area (Å²) in [6.45, 7) is 0.698. The van der Waals surface area contributed by atoms with Crippen LogP contribution in [0.2, 0.25) is 5.02 Å². The van der Waals surface area contributed by atoms with E-state index >= 15 is 0 Å². The van der Waals surface area contributed by atoms with E-state index in [1.807, 2.05) is 6.26 Å². The van der Waals surface area contributed by atoms with Gasteiger partial charge in [0.15, 0.2) is 0 Å². The molecule has 0 aliphatic carbocycles. The van der Waals surface area contributed by atoms with Crippen LogP contribution in [0, 0.1) is 0 Å². The Hall–Kier alpha value is -0.410. The average Bonchev–Trinajstić information content (AvgIpc) is 2.05. The molecule has 12 heavy (non-hydrogen) atoms. The van der Waals surface area contributed by atoms with Gasteiger partial charge >= 0.3 is 0 Å². The van der Waals surface area contributed by atoms with Gasteiger partial charge in [-0.25, -0.2) is 0 Å². The molecule has 0 saturated heterocycles. The van der Waals surface area contributed by atoms with Crippen LogP contribution < -0.4 is 4.74 Å². The molecule has 0 atom stereocenters. The first-order valence-electron chi connectivity index (χ1n) is 3.55.